The zero-order valence-corrected chi connectivity index (χ0v) is 36.6. The second-order valence-electron chi connectivity index (χ2n) is 17.8. The van der Waals surface area contributed by atoms with Gasteiger partial charge in [-0.25, -0.2) is 4.98 Å². The first-order valence-corrected chi connectivity index (χ1v) is 22.0. The molecular weight excluding hydrogens is 779 g/mol. The zero-order valence-electron chi connectivity index (χ0n) is 36.6. The van der Waals surface area contributed by atoms with Crippen LogP contribution in [-0.4, -0.2) is 19.6 Å². The van der Waals surface area contributed by atoms with Crippen LogP contribution in [0.1, 0.15) is 49.9 Å². The number of nitrogens with zero attached hydrogens (tertiary/aromatic N) is 3. The summed E-state index contributed by atoms with van der Waals surface area (Å²) in [5.74, 6) is 0.850. The van der Waals surface area contributed by atoms with Crippen LogP contribution in [0, 0.1) is 0 Å². The minimum Gasteiger partial charge on any atom is -0.507 e. The summed E-state index contributed by atoms with van der Waals surface area (Å²) in [4.78, 5) is 10.3. The van der Waals surface area contributed by atoms with Crippen LogP contribution < -0.4 is 0 Å². The number of benzene rings is 8. The number of rotatable bonds is 9. The first-order valence-electron chi connectivity index (χ1n) is 22.0. The number of hydrogen-bond acceptors (Lipinski definition) is 3. The molecule has 1 N–H and O–H groups in total. The van der Waals surface area contributed by atoms with Gasteiger partial charge in [-0.05, 0) is 105 Å². The van der Waals surface area contributed by atoms with Crippen LogP contribution in [0.4, 0.5) is 0 Å². The fraction of sp³-hybridized carbons (Fsp3) is 0.100. The van der Waals surface area contributed by atoms with Crippen molar-refractivity contribution in [2.24, 2.45) is 0 Å². The summed E-state index contributed by atoms with van der Waals surface area (Å²) in [7, 11) is 0. The summed E-state index contributed by atoms with van der Waals surface area (Å²) >= 11 is 0. The number of phenolic OH excluding ortho intramolecular Hbond substituents is 1. The van der Waals surface area contributed by atoms with E-state index in [1.54, 1.807) is 6.07 Å². The van der Waals surface area contributed by atoms with E-state index in [2.05, 4.69) is 220 Å². The molecule has 4 nitrogen and oxygen atoms in total. The molecule has 0 atom stereocenters. The molecule has 0 unspecified atom stereocenters. The molecule has 2 aromatic heterocycles. The Bertz CT molecular complexity index is 3210. The molecule has 4 heteroatoms. The van der Waals surface area contributed by atoms with Crippen molar-refractivity contribution in [3.05, 3.63) is 241 Å². The molecule has 0 saturated carbocycles. The van der Waals surface area contributed by atoms with E-state index in [1.807, 2.05) is 24.4 Å². The van der Waals surface area contributed by atoms with Crippen molar-refractivity contribution in [1.29, 1.82) is 0 Å². The molecule has 0 aliphatic heterocycles. The number of phenols is 1. The SMILES string of the molecule is CC(C)(C)c1ccc(-n2c(-c3ccccc3O)nc3c(-c4cccc(-c5cc(-c6ccc(C(C)(c7ccccc7)c7ccccc7)cc6)ccn5)c4)cccc32)c(-c2ccccc2)c1. The first kappa shape index (κ1) is 40.3. The predicted molar refractivity (Wildman–Crippen MR) is 265 cm³/mol. The van der Waals surface area contributed by atoms with Crippen LogP contribution in [0.3, 0.4) is 0 Å². The van der Waals surface area contributed by atoms with Crippen molar-refractivity contribution in [3.8, 4) is 67.5 Å². The van der Waals surface area contributed by atoms with Gasteiger partial charge in [0.2, 0.25) is 0 Å². The lowest BCUT2D eigenvalue weighted by atomic mass is 9.71. The van der Waals surface area contributed by atoms with Gasteiger partial charge < -0.3 is 5.11 Å². The monoisotopic (exact) mass is 827 g/mol. The van der Waals surface area contributed by atoms with Gasteiger partial charge in [0.15, 0.2) is 0 Å². The second-order valence-corrected chi connectivity index (χ2v) is 17.8. The van der Waals surface area contributed by atoms with Gasteiger partial charge in [0.1, 0.15) is 11.6 Å². The maximum absolute atomic E-state index is 11.3. The number of hydrogen-bond donors (Lipinski definition) is 1. The average Bonchev–Trinajstić information content (AvgIpc) is 3.74. The molecule has 0 spiro atoms. The smallest absolute Gasteiger partial charge is 0.149 e. The Labute approximate surface area is 375 Å². The van der Waals surface area contributed by atoms with Gasteiger partial charge in [-0.15, -0.1) is 0 Å². The second kappa shape index (κ2) is 16.5. The number of pyridine rings is 1. The molecule has 310 valence electrons. The van der Waals surface area contributed by atoms with E-state index in [9.17, 15) is 5.11 Å². The fourth-order valence-electron chi connectivity index (χ4n) is 9.12. The molecule has 0 radical (unpaired) electrons. The molecule has 0 aliphatic carbocycles. The minimum absolute atomic E-state index is 0.0516. The Morgan fingerprint density at radius 3 is 1.69 bits per heavy atom. The van der Waals surface area contributed by atoms with E-state index in [0.717, 1.165) is 61.4 Å². The van der Waals surface area contributed by atoms with Crippen molar-refractivity contribution in [3.63, 3.8) is 0 Å². The summed E-state index contributed by atoms with van der Waals surface area (Å²) in [6.07, 6.45) is 1.90. The standard InChI is InChI=1S/C60H49N3O/c1-59(2,3)49-34-35-54(52(40-49)42-18-8-5-9-19-42)63-55-28-17-27-50(57(55)62-58(63)51-26-14-15-29-56(51)64)44-20-16-21-45(38-44)53-39-43(36-37-61-53)41-30-32-48(33-31-41)60(4,46-22-10-6-11-23-46)47-24-12-7-13-25-47/h5-40,64H,1-4H3. The highest BCUT2D eigenvalue weighted by Crippen LogP contribution is 2.43. The Balaban J connectivity index is 1.06. The van der Waals surface area contributed by atoms with Crippen molar-refractivity contribution in [1.82, 2.24) is 14.5 Å². The van der Waals surface area contributed by atoms with Crippen molar-refractivity contribution in [2.75, 3.05) is 0 Å². The third-order valence-electron chi connectivity index (χ3n) is 12.7. The molecular formula is C60H49N3O. The van der Waals surface area contributed by atoms with E-state index in [0.29, 0.717) is 11.4 Å². The largest absolute Gasteiger partial charge is 0.507 e. The molecule has 0 fully saturated rings. The average molecular weight is 828 g/mol. The summed E-state index contributed by atoms with van der Waals surface area (Å²) in [6, 6.07) is 74.4. The molecule has 0 bridgehead atoms. The van der Waals surface area contributed by atoms with E-state index < -0.39 is 0 Å². The van der Waals surface area contributed by atoms with E-state index in [-0.39, 0.29) is 16.6 Å². The number of fused-ring (bicyclic) bond motifs is 1. The van der Waals surface area contributed by atoms with Crippen LogP contribution in [0.25, 0.3) is 72.7 Å². The van der Waals surface area contributed by atoms with Gasteiger partial charge in [-0.2, -0.15) is 0 Å². The maximum Gasteiger partial charge on any atom is 0.149 e. The molecule has 2 heterocycles. The van der Waals surface area contributed by atoms with E-state index in [1.165, 1.54) is 22.3 Å². The van der Waals surface area contributed by atoms with Gasteiger partial charge in [0, 0.05) is 28.3 Å². The molecule has 10 rings (SSSR count). The quantitative estimate of drug-likeness (QED) is 0.147. The summed E-state index contributed by atoms with van der Waals surface area (Å²) in [5, 5.41) is 11.3. The number of aromatic nitrogens is 3. The maximum atomic E-state index is 11.3. The first-order chi connectivity index (χ1) is 31.2. The van der Waals surface area contributed by atoms with Crippen LogP contribution >= 0.6 is 0 Å². The van der Waals surface area contributed by atoms with Gasteiger partial charge in [-0.1, -0.05) is 185 Å². The Morgan fingerprint density at radius 2 is 1.00 bits per heavy atom. The summed E-state index contributed by atoms with van der Waals surface area (Å²) in [5.41, 5.74) is 16.4. The third-order valence-corrected chi connectivity index (χ3v) is 12.7. The highest BCUT2D eigenvalue weighted by atomic mass is 16.3. The van der Waals surface area contributed by atoms with E-state index in [4.69, 9.17) is 9.97 Å². The summed E-state index contributed by atoms with van der Waals surface area (Å²) in [6.45, 7) is 9.05. The lowest BCUT2D eigenvalue weighted by Gasteiger charge is -2.32. The van der Waals surface area contributed by atoms with Gasteiger partial charge in [0.25, 0.3) is 0 Å². The molecule has 0 amide bonds. The molecule has 0 aliphatic rings. The number of aromatic hydroxyl groups is 1. The van der Waals surface area contributed by atoms with Gasteiger partial charge >= 0.3 is 0 Å². The van der Waals surface area contributed by atoms with E-state index >= 15 is 0 Å². The number of para-hydroxylation sites is 2. The van der Waals surface area contributed by atoms with Crippen molar-refractivity contribution >= 4 is 11.0 Å². The predicted octanol–water partition coefficient (Wildman–Crippen LogP) is 15.1. The molecule has 10 aromatic rings. The highest BCUT2D eigenvalue weighted by Gasteiger charge is 2.31. The normalized spacial score (nSPS) is 11.8. The van der Waals surface area contributed by atoms with Gasteiger partial charge in [-0.3, -0.25) is 9.55 Å². The third kappa shape index (κ3) is 7.37. The highest BCUT2D eigenvalue weighted by molar-refractivity contribution is 5.97. The Morgan fingerprint density at radius 1 is 0.422 bits per heavy atom. The minimum atomic E-state index is -0.313. The lowest BCUT2D eigenvalue weighted by Crippen LogP contribution is -2.25. The Kier molecular flexibility index (Phi) is 10.4. The lowest BCUT2D eigenvalue weighted by molar-refractivity contribution is 0.477. The molecule has 64 heavy (non-hydrogen) atoms. The van der Waals surface area contributed by atoms with Crippen LogP contribution in [0.15, 0.2) is 219 Å². The molecule has 0 saturated heterocycles. The van der Waals surface area contributed by atoms with Crippen molar-refractivity contribution < 1.29 is 5.11 Å². The number of imidazole rings is 1. The van der Waals surface area contributed by atoms with Crippen LogP contribution in [0.5, 0.6) is 5.75 Å². The van der Waals surface area contributed by atoms with Gasteiger partial charge in [0.05, 0.1) is 28.0 Å². The molecule has 8 aromatic carbocycles. The zero-order chi connectivity index (χ0) is 43.8. The summed E-state index contributed by atoms with van der Waals surface area (Å²) < 4.78 is 2.21. The topological polar surface area (TPSA) is 50.9 Å². The van der Waals surface area contributed by atoms with Crippen LogP contribution in [-0.2, 0) is 10.8 Å². The fourth-order valence-corrected chi connectivity index (χ4v) is 9.12. The van der Waals surface area contributed by atoms with Crippen LogP contribution in [0.2, 0.25) is 0 Å². The van der Waals surface area contributed by atoms with Crippen molar-refractivity contribution in [2.45, 2.75) is 38.5 Å². The Hall–Kier alpha value is -7.82.